The summed E-state index contributed by atoms with van der Waals surface area (Å²) in [6.07, 6.45) is 0.553. The van der Waals surface area contributed by atoms with Gasteiger partial charge in [0.1, 0.15) is 5.82 Å². The van der Waals surface area contributed by atoms with Crippen molar-refractivity contribution in [2.75, 3.05) is 6.61 Å². The molecule has 2 atom stereocenters. The Labute approximate surface area is 203 Å². The maximum absolute atomic E-state index is 13.2. The summed E-state index contributed by atoms with van der Waals surface area (Å²) in [7, 11) is 0. The van der Waals surface area contributed by atoms with E-state index in [4.69, 9.17) is 0 Å². The minimum atomic E-state index is -1.09. The van der Waals surface area contributed by atoms with Gasteiger partial charge in [0.15, 0.2) is 0 Å². The summed E-state index contributed by atoms with van der Waals surface area (Å²) in [5, 5.41) is 22.1. The molecule has 0 aliphatic carbocycles. The van der Waals surface area contributed by atoms with Crippen molar-refractivity contribution in [1.29, 1.82) is 0 Å². The number of nitrogens with zero attached hydrogens (tertiary/aromatic N) is 1. The van der Waals surface area contributed by atoms with Gasteiger partial charge in [0.05, 0.1) is 23.6 Å². The van der Waals surface area contributed by atoms with Crippen LogP contribution in [0.25, 0.3) is 22.2 Å². The van der Waals surface area contributed by atoms with Crippen molar-refractivity contribution < 1.29 is 19.8 Å². The van der Waals surface area contributed by atoms with E-state index in [1.54, 1.807) is 12.1 Å². The third kappa shape index (κ3) is 5.75. The number of benzene rings is 3. The Morgan fingerprint density at radius 2 is 1.69 bits per heavy atom. The quantitative estimate of drug-likeness (QED) is 0.291. The predicted molar refractivity (Wildman–Crippen MR) is 135 cm³/mol. The molecule has 0 aliphatic rings. The monoisotopic (exact) mass is 471 g/mol. The Morgan fingerprint density at radius 1 is 1.00 bits per heavy atom. The van der Waals surface area contributed by atoms with E-state index in [9.17, 15) is 19.8 Å². The second-order valence-corrected chi connectivity index (χ2v) is 8.90. The molecule has 4 N–H and O–H groups in total. The molecule has 180 valence electrons. The maximum Gasteiger partial charge on any atom is 0.308 e. The van der Waals surface area contributed by atoms with Gasteiger partial charge in [-0.2, -0.15) is 0 Å². The number of aryl methyl sites for hydroxylation is 2. The molecule has 4 aromatic rings. The number of H-pyrrole nitrogens is 1. The number of carboxylic acids is 1. The minimum Gasteiger partial charge on any atom is -0.481 e. The lowest BCUT2D eigenvalue weighted by molar-refractivity contribution is -0.143. The van der Waals surface area contributed by atoms with Crippen LogP contribution in [0.5, 0.6) is 0 Å². The number of aliphatic hydroxyl groups excluding tert-OH is 1. The molecule has 0 radical (unpaired) electrons. The second-order valence-electron chi connectivity index (χ2n) is 8.90. The Balaban J connectivity index is 1.55. The van der Waals surface area contributed by atoms with Gasteiger partial charge in [-0.15, -0.1) is 0 Å². The highest BCUT2D eigenvalue weighted by molar-refractivity contribution is 5.98. The molecule has 7 nitrogen and oxygen atoms in total. The Hall–Kier alpha value is -3.97. The fraction of sp³-hybridized carbons (Fsp3) is 0.250. The third-order valence-corrected chi connectivity index (χ3v) is 6.17. The number of hydrogen-bond acceptors (Lipinski definition) is 4. The van der Waals surface area contributed by atoms with Crippen LogP contribution in [-0.4, -0.2) is 44.7 Å². The van der Waals surface area contributed by atoms with Crippen LogP contribution in [0.1, 0.15) is 33.7 Å². The van der Waals surface area contributed by atoms with Gasteiger partial charge >= 0.3 is 5.97 Å². The van der Waals surface area contributed by atoms with Crippen LogP contribution in [0.3, 0.4) is 0 Å². The van der Waals surface area contributed by atoms with E-state index in [2.05, 4.69) is 15.3 Å². The van der Waals surface area contributed by atoms with E-state index >= 15 is 0 Å². The van der Waals surface area contributed by atoms with Gasteiger partial charge in [0.2, 0.25) is 0 Å². The van der Waals surface area contributed by atoms with Crippen molar-refractivity contribution in [2.45, 2.75) is 32.7 Å². The summed E-state index contributed by atoms with van der Waals surface area (Å²) in [6.45, 7) is 3.27. The predicted octanol–water partition coefficient (Wildman–Crippen LogP) is 4.27. The third-order valence-electron chi connectivity index (χ3n) is 6.17. The topological polar surface area (TPSA) is 115 Å². The molecule has 1 unspecified atom stereocenters. The van der Waals surface area contributed by atoms with Crippen LogP contribution < -0.4 is 5.32 Å². The summed E-state index contributed by atoms with van der Waals surface area (Å²) >= 11 is 0. The van der Waals surface area contributed by atoms with Crippen LogP contribution in [0.15, 0.2) is 66.7 Å². The highest BCUT2D eigenvalue weighted by Gasteiger charge is 2.24. The highest BCUT2D eigenvalue weighted by Crippen LogP contribution is 2.22. The second kappa shape index (κ2) is 10.5. The van der Waals surface area contributed by atoms with E-state index < -0.39 is 24.5 Å². The smallest absolute Gasteiger partial charge is 0.308 e. The molecule has 0 saturated carbocycles. The van der Waals surface area contributed by atoms with Crippen molar-refractivity contribution in [3.8, 4) is 11.1 Å². The lowest BCUT2D eigenvalue weighted by Gasteiger charge is -2.22. The first kappa shape index (κ1) is 24.2. The number of nitrogens with one attached hydrogen (secondary N) is 2. The summed E-state index contributed by atoms with van der Waals surface area (Å²) in [5.74, 6) is -1.58. The Kier molecular flexibility index (Phi) is 7.27. The number of carboxylic acid groups (broad SMARTS) is 1. The molecule has 0 spiro atoms. The molecule has 4 rings (SSSR count). The van der Waals surface area contributed by atoms with Gasteiger partial charge in [-0.25, -0.2) is 4.98 Å². The molecule has 3 aromatic carbocycles. The lowest BCUT2D eigenvalue weighted by atomic mass is 9.94. The summed E-state index contributed by atoms with van der Waals surface area (Å²) in [6, 6.07) is 21.1. The van der Waals surface area contributed by atoms with Gasteiger partial charge in [0.25, 0.3) is 5.91 Å². The summed E-state index contributed by atoms with van der Waals surface area (Å²) < 4.78 is 0. The molecule has 0 aliphatic heterocycles. The van der Waals surface area contributed by atoms with Crippen LogP contribution in [-0.2, 0) is 11.2 Å². The zero-order valence-electron chi connectivity index (χ0n) is 19.8. The molecule has 35 heavy (non-hydrogen) atoms. The van der Waals surface area contributed by atoms with Crippen LogP contribution in [0.4, 0.5) is 0 Å². The first-order valence-electron chi connectivity index (χ1n) is 11.6. The van der Waals surface area contributed by atoms with Gasteiger partial charge in [-0.05, 0) is 61.1 Å². The molecule has 1 heterocycles. The van der Waals surface area contributed by atoms with Crippen molar-refractivity contribution in [3.05, 3.63) is 89.2 Å². The fourth-order valence-electron chi connectivity index (χ4n) is 4.35. The molecule has 0 saturated heterocycles. The summed E-state index contributed by atoms with van der Waals surface area (Å²) in [5.41, 5.74) is 6.10. The van der Waals surface area contributed by atoms with Crippen LogP contribution in [0, 0.1) is 19.8 Å². The average Bonchev–Trinajstić information content (AvgIpc) is 3.24. The summed E-state index contributed by atoms with van der Waals surface area (Å²) in [4.78, 5) is 32.4. The van der Waals surface area contributed by atoms with E-state index in [1.807, 2.05) is 68.4 Å². The largest absolute Gasteiger partial charge is 0.481 e. The van der Waals surface area contributed by atoms with Crippen LogP contribution >= 0.6 is 0 Å². The van der Waals surface area contributed by atoms with E-state index in [0.717, 1.165) is 39.1 Å². The van der Waals surface area contributed by atoms with Gasteiger partial charge < -0.3 is 20.5 Å². The molecular formula is C28H29N3O4. The number of hydrogen-bond donors (Lipinski definition) is 4. The standard InChI is InChI=1S/C28H29N3O4/c1-17-12-22(15-25-26(17)30-18(2)29-25)27(33)31-24(14-23(16-32)28(34)35)13-19-8-10-21(11-9-19)20-6-4-3-5-7-20/h3-12,15,23-24,32H,13-14,16H2,1-2H3,(H,29,30)(H,31,33)(H,34,35)/t23-,24?/m1/s1. The number of aliphatic hydroxyl groups is 1. The van der Waals surface area contributed by atoms with Gasteiger partial charge in [-0.1, -0.05) is 54.6 Å². The highest BCUT2D eigenvalue weighted by atomic mass is 16.4. The number of carbonyl (C=O) groups is 2. The number of fused-ring (bicyclic) bond motifs is 1. The number of rotatable bonds is 9. The number of aliphatic carboxylic acids is 1. The van der Waals surface area contributed by atoms with E-state index in [-0.39, 0.29) is 12.3 Å². The van der Waals surface area contributed by atoms with Crippen molar-refractivity contribution >= 4 is 22.9 Å². The number of aromatic amines is 1. The zero-order valence-corrected chi connectivity index (χ0v) is 19.8. The zero-order chi connectivity index (χ0) is 24.9. The molecule has 0 fully saturated rings. The normalized spacial score (nSPS) is 12.9. The number of aromatic nitrogens is 2. The molecular weight excluding hydrogens is 442 g/mol. The van der Waals surface area contributed by atoms with Crippen molar-refractivity contribution in [1.82, 2.24) is 15.3 Å². The molecule has 1 amide bonds. The number of amides is 1. The molecule has 7 heteroatoms. The van der Waals surface area contributed by atoms with Crippen LogP contribution in [0.2, 0.25) is 0 Å². The lowest BCUT2D eigenvalue weighted by Crippen LogP contribution is -2.39. The first-order valence-corrected chi connectivity index (χ1v) is 11.6. The molecule has 0 bridgehead atoms. The number of carbonyl (C=O) groups excluding carboxylic acids is 1. The van der Waals surface area contributed by atoms with Crippen molar-refractivity contribution in [3.63, 3.8) is 0 Å². The Morgan fingerprint density at radius 3 is 2.34 bits per heavy atom. The Bertz CT molecular complexity index is 1330. The van der Waals surface area contributed by atoms with Gasteiger partial charge in [-0.3, -0.25) is 9.59 Å². The van der Waals surface area contributed by atoms with Crippen molar-refractivity contribution in [2.24, 2.45) is 5.92 Å². The number of imidazole rings is 1. The SMILES string of the molecule is Cc1nc2c(C)cc(C(=O)NC(Cc3ccc(-c4ccccc4)cc3)C[C@H](CO)C(=O)O)cc2[nH]1. The van der Waals surface area contributed by atoms with Gasteiger partial charge in [0, 0.05) is 11.6 Å². The van der Waals surface area contributed by atoms with E-state index in [0.29, 0.717) is 12.0 Å². The maximum atomic E-state index is 13.2. The first-order chi connectivity index (χ1) is 16.8. The average molecular weight is 472 g/mol. The minimum absolute atomic E-state index is 0.113. The fourth-order valence-corrected chi connectivity index (χ4v) is 4.35. The molecule has 1 aromatic heterocycles. The van der Waals surface area contributed by atoms with E-state index in [1.165, 1.54) is 0 Å².